The van der Waals surface area contributed by atoms with Gasteiger partial charge in [-0.1, -0.05) is 155 Å². The highest BCUT2D eigenvalue weighted by molar-refractivity contribution is 5.75. The van der Waals surface area contributed by atoms with E-state index >= 15 is 0 Å². The topological polar surface area (TPSA) is 34.1 Å². The third-order valence-electron chi connectivity index (χ3n) is 10.1. The van der Waals surface area contributed by atoms with Gasteiger partial charge in [0.05, 0.1) is 0 Å². The zero-order valence-electron chi connectivity index (χ0n) is 27.9. The van der Waals surface area contributed by atoms with Crippen molar-refractivity contribution in [3.05, 3.63) is 0 Å². The largest absolute Gasteiger partial charge is 0.300 e. The van der Waals surface area contributed by atoms with Crippen molar-refractivity contribution >= 4 is 11.6 Å². The Morgan fingerprint density at radius 3 is 0.925 bits per heavy atom. The summed E-state index contributed by atoms with van der Waals surface area (Å²) < 4.78 is 0. The lowest BCUT2D eigenvalue weighted by molar-refractivity contribution is -0.118. The van der Waals surface area contributed by atoms with E-state index in [-0.39, 0.29) is 0 Å². The Morgan fingerprint density at radius 2 is 0.650 bits per heavy atom. The minimum atomic E-state index is 0.351. The molecule has 4 unspecified atom stereocenters. The molecule has 40 heavy (non-hydrogen) atoms. The van der Waals surface area contributed by atoms with Crippen LogP contribution in [-0.4, -0.2) is 11.6 Å². The molecule has 0 aromatic heterocycles. The van der Waals surface area contributed by atoms with E-state index < -0.39 is 0 Å². The van der Waals surface area contributed by atoms with Gasteiger partial charge in [0.2, 0.25) is 0 Å². The Balaban J connectivity index is 2.68. The maximum absolute atomic E-state index is 11.3. The average molecular weight is 561 g/mol. The van der Waals surface area contributed by atoms with Gasteiger partial charge in [0, 0.05) is 12.8 Å². The van der Waals surface area contributed by atoms with E-state index in [2.05, 4.69) is 13.8 Å². The van der Waals surface area contributed by atoms with Crippen LogP contribution in [0.5, 0.6) is 0 Å². The van der Waals surface area contributed by atoms with Crippen LogP contribution in [0.25, 0.3) is 0 Å². The normalized spacial score (nSPS) is 21.1. The molecule has 0 aromatic carbocycles. The van der Waals surface area contributed by atoms with E-state index in [1.165, 1.54) is 154 Å². The minimum absolute atomic E-state index is 0.351. The molecule has 0 spiro atoms. The maximum atomic E-state index is 11.3. The number of hydrogen-bond donors (Lipinski definition) is 0. The second-order valence-corrected chi connectivity index (χ2v) is 13.9. The van der Waals surface area contributed by atoms with Crippen molar-refractivity contribution in [2.75, 3.05) is 0 Å². The molecule has 2 heteroatoms. The lowest BCUT2D eigenvalue weighted by atomic mass is 9.63. The first-order chi connectivity index (χ1) is 19.5. The first-order valence-electron chi connectivity index (χ1n) is 18.5. The number of Topliss-reactive ketones (excluding diaryl/α,β-unsaturated/α-hetero) is 2. The Bertz CT molecular complexity index is 544. The Labute approximate surface area is 252 Å². The van der Waals surface area contributed by atoms with Gasteiger partial charge in [-0.05, 0) is 63.2 Å². The molecule has 1 saturated carbocycles. The van der Waals surface area contributed by atoms with Crippen molar-refractivity contribution in [3.63, 3.8) is 0 Å². The highest BCUT2D eigenvalue weighted by Crippen LogP contribution is 2.46. The fourth-order valence-corrected chi connectivity index (χ4v) is 7.60. The summed E-state index contributed by atoms with van der Waals surface area (Å²) in [6.07, 6.45) is 37.4. The van der Waals surface area contributed by atoms with Gasteiger partial charge in [0.15, 0.2) is 0 Å². The van der Waals surface area contributed by atoms with Crippen molar-refractivity contribution in [3.8, 4) is 0 Å². The summed E-state index contributed by atoms with van der Waals surface area (Å²) in [7, 11) is 0. The van der Waals surface area contributed by atoms with E-state index in [9.17, 15) is 9.59 Å². The van der Waals surface area contributed by atoms with Crippen LogP contribution in [0.1, 0.15) is 207 Å². The third kappa shape index (κ3) is 20.3. The molecule has 1 fully saturated rings. The first-order valence-corrected chi connectivity index (χ1v) is 18.5. The molecule has 236 valence electrons. The van der Waals surface area contributed by atoms with Gasteiger partial charge < -0.3 is 9.59 Å². The molecular formula is C38H72O2. The molecule has 0 amide bonds. The summed E-state index contributed by atoms with van der Waals surface area (Å²) in [6, 6.07) is 0. The lowest BCUT2D eigenvalue weighted by Gasteiger charge is -2.42. The summed E-state index contributed by atoms with van der Waals surface area (Å²) in [5, 5.41) is 0. The van der Waals surface area contributed by atoms with Crippen molar-refractivity contribution in [1.82, 2.24) is 0 Å². The molecule has 0 aromatic rings. The van der Waals surface area contributed by atoms with Crippen LogP contribution in [0.15, 0.2) is 0 Å². The molecule has 0 saturated heterocycles. The molecule has 0 bridgehead atoms. The van der Waals surface area contributed by atoms with Gasteiger partial charge in [-0.15, -0.1) is 0 Å². The number of carbonyl (C=O) groups excluding carboxylic acids is 2. The third-order valence-corrected chi connectivity index (χ3v) is 10.1. The van der Waals surface area contributed by atoms with Crippen LogP contribution in [0.2, 0.25) is 0 Å². The zero-order valence-corrected chi connectivity index (χ0v) is 27.9. The Hall–Kier alpha value is -0.660. The van der Waals surface area contributed by atoms with E-state index in [1.54, 1.807) is 13.8 Å². The molecule has 2 nitrogen and oxygen atoms in total. The summed E-state index contributed by atoms with van der Waals surface area (Å²) in [5.41, 5.74) is 0. The van der Waals surface area contributed by atoms with Crippen LogP contribution < -0.4 is 0 Å². The summed E-state index contributed by atoms with van der Waals surface area (Å²) >= 11 is 0. The molecule has 1 aliphatic carbocycles. The van der Waals surface area contributed by atoms with Crippen LogP contribution in [0, 0.1) is 23.7 Å². The highest BCUT2D eigenvalue weighted by Gasteiger charge is 2.35. The zero-order chi connectivity index (χ0) is 29.3. The first kappa shape index (κ1) is 37.4. The lowest BCUT2D eigenvalue weighted by Crippen LogP contribution is -2.32. The van der Waals surface area contributed by atoms with Gasteiger partial charge in [-0.3, -0.25) is 0 Å². The fourth-order valence-electron chi connectivity index (χ4n) is 7.60. The number of ketones is 2. The van der Waals surface area contributed by atoms with Gasteiger partial charge in [0.1, 0.15) is 11.6 Å². The number of unbranched alkanes of at least 4 members (excludes halogenated alkanes) is 16. The Kier molecular flexibility index (Phi) is 24.3. The van der Waals surface area contributed by atoms with Crippen LogP contribution in [0.3, 0.4) is 0 Å². The number of carbonyl (C=O) groups is 2. The second-order valence-electron chi connectivity index (χ2n) is 13.9. The predicted molar refractivity (Wildman–Crippen MR) is 176 cm³/mol. The summed E-state index contributed by atoms with van der Waals surface area (Å²) in [5.74, 6) is 4.49. The molecule has 0 aliphatic heterocycles. The monoisotopic (exact) mass is 561 g/mol. The van der Waals surface area contributed by atoms with Crippen molar-refractivity contribution in [2.24, 2.45) is 23.7 Å². The average Bonchev–Trinajstić information content (AvgIpc) is 2.92. The van der Waals surface area contributed by atoms with Gasteiger partial charge >= 0.3 is 0 Å². The molecule has 0 N–H and O–H groups in total. The van der Waals surface area contributed by atoms with Crippen LogP contribution >= 0.6 is 0 Å². The Morgan fingerprint density at radius 1 is 0.400 bits per heavy atom. The molecule has 1 rings (SSSR count). The smallest absolute Gasteiger partial charge is 0.129 e. The molecule has 0 radical (unpaired) electrons. The van der Waals surface area contributed by atoms with Crippen molar-refractivity contribution in [2.45, 2.75) is 207 Å². The molecule has 1 aliphatic rings. The number of hydrogen-bond acceptors (Lipinski definition) is 2. The fraction of sp³-hybridized carbons (Fsp3) is 0.947. The SMILES string of the molecule is CCCCCCCCC1CC(CCCCCCC(C)=O)C(CCCCCCC(C)=O)CC1CCCCCCCC. The molecule has 4 atom stereocenters. The van der Waals surface area contributed by atoms with E-state index in [0.717, 1.165) is 49.4 Å². The van der Waals surface area contributed by atoms with E-state index in [0.29, 0.717) is 11.6 Å². The standard InChI is InChI=1S/C38H72O2/c1-5-7-9-11-13-21-27-35-31-37(29-23-17-15-19-25-33(3)39)38(30-24-18-16-20-26-34(4)40)32-36(35)28-22-14-12-10-8-6-2/h35-38H,5-32H2,1-4H3. The van der Waals surface area contributed by atoms with Gasteiger partial charge in [-0.25, -0.2) is 0 Å². The van der Waals surface area contributed by atoms with Crippen LogP contribution in [-0.2, 0) is 9.59 Å². The van der Waals surface area contributed by atoms with Crippen LogP contribution in [0.4, 0.5) is 0 Å². The molecular weight excluding hydrogens is 488 g/mol. The maximum Gasteiger partial charge on any atom is 0.129 e. The molecule has 0 heterocycles. The predicted octanol–water partition coefficient (Wildman–Crippen LogP) is 12.6. The minimum Gasteiger partial charge on any atom is -0.300 e. The van der Waals surface area contributed by atoms with Gasteiger partial charge in [0.25, 0.3) is 0 Å². The van der Waals surface area contributed by atoms with E-state index in [4.69, 9.17) is 0 Å². The quantitative estimate of drug-likeness (QED) is 0.0892. The summed E-state index contributed by atoms with van der Waals surface area (Å²) in [4.78, 5) is 22.6. The second kappa shape index (κ2) is 26.0. The van der Waals surface area contributed by atoms with Crippen molar-refractivity contribution < 1.29 is 9.59 Å². The number of rotatable bonds is 28. The highest BCUT2D eigenvalue weighted by atomic mass is 16.1. The van der Waals surface area contributed by atoms with Crippen molar-refractivity contribution in [1.29, 1.82) is 0 Å². The van der Waals surface area contributed by atoms with Gasteiger partial charge in [-0.2, -0.15) is 0 Å². The summed E-state index contributed by atoms with van der Waals surface area (Å²) in [6.45, 7) is 8.11. The van der Waals surface area contributed by atoms with E-state index in [1.807, 2.05) is 0 Å².